The molecule has 18 heavy (non-hydrogen) atoms. The van der Waals surface area contributed by atoms with E-state index in [0.717, 1.165) is 25.2 Å². The van der Waals surface area contributed by atoms with Crippen LogP contribution >= 0.6 is 0 Å². The zero-order chi connectivity index (χ0) is 12.8. The van der Waals surface area contributed by atoms with Gasteiger partial charge in [0.15, 0.2) is 5.82 Å². The second-order valence-electron chi connectivity index (χ2n) is 4.41. The van der Waals surface area contributed by atoms with Gasteiger partial charge in [-0.25, -0.2) is 0 Å². The van der Waals surface area contributed by atoms with Crippen molar-refractivity contribution in [3.05, 3.63) is 47.1 Å². The molecule has 1 heterocycles. The molecule has 0 radical (unpaired) electrons. The molecule has 0 spiro atoms. The first-order valence-corrected chi connectivity index (χ1v) is 6.30. The van der Waals surface area contributed by atoms with Crippen LogP contribution in [0.3, 0.4) is 0 Å². The molecule has 0 aliphatic carbocycles. The lowest BCUT2D eigenvalue weighted by Crippen LogP contribution is -2.08. The third-order valence-corrected chi connectivity index (χ3v) is 2.94. The zero-order valence-electron chi connectivity index (χ0n) is 10.9. The monoisotopic (exact) mass is 245 g/mol. The van der Waals surface area contributed by atoms with Gasteiger partial charge in [0.1, 0.15) is 0 Å². The van der Waals surface area contributed by atoms with Gasteiger partial charge in [-0.05, 0) is 38.1 Å². The minimum atomic E-state index is 0.698. The molecule has 2 aromatic rings. The van der Waals surface area contributed by atoms with Crippen molar-refractivity contribution >= 4 is 0 Å². The molecule has 0 bridgehead atoms. The van der Waals surface area contributed by atoms with Crippen molar-refractivity contribution in [1.82, 2.24) is 15.5 Å². The van der Waals surface area contributed by atoms with Crippen LogP contribution < -0.4 is 5.32 Å². The standard InChI is InChI=1S/C14H19N3O/c1-11-6-3-4-7-12(11)10-14-16-13(17-18-14)8-5-9-15-2/h3-4,6-7,15H,5,8-10H2,1-2H3. The summed E-state index contributed by atoms with van der Waals surface area (Å²) in [5.74, 6) is 1.50. The van der Waals surface area contributed by atoms with Gasteiger partial charge in [-0.1, -0.05) is 29.4 Å². The summed E-state index contributed by atoms with van der Waals surface area (Å²) >= 11 is 0. The minimum Gasteiger partial charge on any atom is -0.339 e. The molecule has 0 saturated heterocycles. The van der Waals surface area contributed by atoms with Crippen LogP contribution in [0.2, 0.25) is 0 Å². The highest BCUT2D eigenvalue weighted by Crippen LogP contribution is 2.12. The minimum absolute atomic E-state index is 0.698. The van der Waals surface area contributed by atoms with Crippen LogP contribution in [0, 0.1) is 6.92 Å². The SMILES string of the molecule is CNCCCc1noc(Cc2ccccc2C)n1. The highest BCUT2D eigenvalue weighted by atomic mass is 16.5. The van der Waals surface area contributed by atoms with E-state index >= 15 is 0 Å². The van der Waals surface area contributed by atoms with Gasteiger partial charge in [-0.15, -0.1) is 0 Å². The Kier molecular flexibility index (Phi) is 4.47. The fourth-order valence-corrected chi connectivity index (χ4v) is 1.86. The summed E-state index contributed by atoms with van der Waals surface area (Å²) in [4.78, 5) is 4.41. The molecule has 4 nitrogen and oxygen atoms in total. The normalized spacial score (nSPS) is 10.8. The van der Waals surface area contributed by atoms with Gasteiger partial charge >= 0.3 is 0 Å². The lowest BCUT2D eigenvalue weighted by molar-refractivity contribution is 0.378. The molecule has 4 heteroatoms. The van der Waals surface area contributed by atoms with E-state index in [-0.39, 0.29) is 0 Å². The Morgan fingerprint density at radius 1 is 1.28 bits per heavy atom. The Balaban J connectivity index is 1.96. The quantitative estimate of drug-likeness (QED) is 0.792. The topological polar surface area (TPSA) is 51.0 Å². The number of rotatable bonds is 6. The Morgan fingerprint density at radius 3 is 2.89 bits per heavy atom. The van der Waals surface area contributed by atoms with Crippen molar-refractivity contribution in [1.29, 1.82) is 0 Å². The molecule has 1 N–H and O–H groups in total. The smallest absolute Gasteiger partial charge is 0.231 e. The van der Waals surface area contributed by atoms with Crippen molar-refractivity contribution in [2.24, 2.45) is 0 Å². The first-order chi connectivity index (χ1) is 8.79. The van der Waals surface area contributed by atoms with E-state index in [1.165, 1.54) is 11.1 Å². The summed E-state index contributed by atoms with van der Waals surface area (Å²) in [6.45, 7) is 3.07. The molecule has 0 aliphatic heterocycles. The molecular formula is C14H19N3O. The number of nitrogens with zero attached hydrogens (tertiary/aromatic N) is 2. The number of benzene rings is 1. The molecule has 1 aromatic carbocycles. The maximum atomic E-state index is 5.27. The summed E-state index contributed by atoms with van der Waals surface area (Å²) in [7, 11) is 1.94. The van der Waals surface area contributed by atoms with Crippen LogP contribution in [-0.2, 0) is 12.8 Å². The number of hydrogen-bond acceptors (Lipinski definition) is 4. The Labute approximate surface area is 107 Å². The lowest BCUT2D eigenvalue weighted by atomic mass is 10.1. The fourth-order valence-electron chi connectivity index (χ4n) is 1.86. The van der Waals surface area contributed by atoms with E-state index in [9.17, 15) is 0 Å². The van der Waals surface area contributed by atoms with E-state index in [0.29, 0.717) is 12.3 Å². The number of aromatic nitrogens is 2. The van der Waals surface area contributed by atoms with Crippen LogP contribution in [0.1, 0.15) is 29.3 Å². The van der Waals surface area contributed by atoms with Crippen molar-refractivity contribution in [2.75, 3.05) is 13.6 Å². The summed E-state index contributed by atoms with van der Waals surface area (Å²) in [5, 5.41) is 7.11. The average Bonchev–Trinajstić information content (AvgIpc) is 2.80. The molecule has 0 unspecified atom stereocenters. The maximum absolute atomic E-state index is 5.27. The van der Waals surface area contributed by atoms with Gasteiger partial charge in [0, 0.05) is 6.42 Å². The van der Waals surface area contributed by atoms with Crippen molar-refractivity contribution < 1.29 is 4.52 Å². The van der Waals surface area contributed by atoms with Gasteiger partial charge in [0.2, 0.25) is 5.89 Å². The van der Waals surface area contributed by atoms with Gasteiger partial charge in [0.05, 0.1) is 6.42 Å². The predicted molar refractivity (Wildman–Crippen MR) is 70.5 cm³/mol. The summed E-state index contributed by atoms with van der Waals surface area (Å²) < 4.78 is 5.27. The Morgan fingerprint density at radius 2 is 2.11 bits per heavy atom. The Hall–Kier alpha value is -1.68. The number of hydrogen-bond donors (Lipinski definition) is 1. The van der Waals surface area contributed by atoms with Crippen molar-refractivity contribution in [3.8, 4) is 0 Å². The summed E-state index contributed by atoms with van der Waals surface area (Å²) in [6, 6.07) is 8.27. The van der Waals surface area contributed by atoms with Gasteiger partial charge in [-0.3, -0.25) is 0 Å². The molecule has 96 valence electrons. The first-order valence-electron chi connectivity index (χ1n) is 6.30. The Bertz CT molecular complexity index is 493. The first kappa shape index (κ1) is 12.8. The van der Waals surface area contributed by atoms with E-state index in [1.807, 2.05) is 19.2 Å². The van der Waals surface area contributed by atoms with Crippen LogP contribution in [-0.4, -0.2) is 23.7 Å². The second-order valence-corrected chi connectivity index (χ2v) is 4.41. The van der Waals surface area contributed by atoms with E-state index < -0.39 is 0 Å². The van der Waals surface area contributed by atoms with Crippen molar-refractivity contribution in [2.45, 2.75) is 26.2 Å². The number of aryl methyl sites for hydroxylation is 2. The molecule has 0 atom stereocenters. The molecule has 0 saturated carbocycles. The van der Waals surface area contributed by atoms with Crippen molar-refractivity contribution in [3.63, 3.8) is 0 Å². The van der Waals surface area contributed by atoms with Crippen LogP contribution in [0.5, 0.6) is 0 Å². The molecule has 0 aliphatic rings. The van der Waals surface area contributed by atoms with Crippen LogP contribution in [0.15, 0.2) is 28.8 Å². The third-order valence-electron chi connectivity index (χ3n) is 2.94. The van der Waals surface area contributed by atoms with E-state index in [2.05, 4.69) is 34.5 Å². The maximum Gasteiger partial charge on any atom is 0.231 e. The fraction of sp³-hybridized carbons (Fsp3) is 0.429. The molecule has 0 fully saturated rings. The average molecular weight is 245 g/mol. The highest BCUT2D eigenvalue weighted by Gasteiger charge is 2.08. The highest BCUT2D eigenvalue weighted by molar-refractivity contribution is 5.27. The molecule has 2 rings (SSSR count). The molecule has 0 amide bonds. The zero-order valence-corrected chi connectivity index (χ0v) is 10.9. The van der Waals surface area contributed by atoms with Crippen LogP contribution in [0.25, 0.3) is 0 Å². The molecule has 1 aromatic heterocycles. The molecular weight excluding hydrogens is 226 g/mol. The second kappa shape index (κ2) is 6.31. The third kappa shape index (κ3) is 3.40. The van der Waals surface area contributed by atoms with Crippen LogP contribution in [0.4, 0.5) is 0 Å². The van der Waals surface area contributed by atoms with Gasteiger partial charge < -0.3 is 9.84 Å². The number of nitrogens with one attached hydrogen (secondary N) is 1. The van der Waals surface area contributed by atoms with E-state index in [4.69, 9.17) is 4.52 Å². The lowest BCUT2D eigenvalue weighted by Gasteiger charge is -2.00. The van der Waals surface area contributed by atoms with Gasteiger partial charge in [-0.2, -0.15) is 4.98 Å². The summed E-state index contributed by atoms with van der Waals surface area (Å²) in [6.07, 6.45) is 2.60. The van der Waals surface area contributed by atoms with E-state index in [1.54, 1.807) is 0 Å². The largest absolute Gasteiger partial charge is 0.339 e. The van der Waals surface area contributed by atoms with Gasteiger partial charge in [0.25, 0.3) is 0 Å². The summed E-state index contributed by atoms with van der Waals surface area (Å²) in [5.41, 5.74) is 2.50. The predicted octanol–water partition coefficient (Wildman–Crippen LogP) is 2.12.